The van der Waals surface area contributed by atoms with Gasteiger partial charge in [-0.3, -0.25) is 14.6 Å². The fourth-order valence-corrected chi connectivity index (χ4v) is 3.55. The number of nitrogens with one attached hydrogen (secondary N) is 1. The second kappa shape index (κ2) is 8.92. The Balaban J connectivity index is 1.56. The maximum Gasteiger partial charge on any atom is 0.267 e. The van der Waals surface area contributed by atoms with E-state index in [2.05, 4.69) is 10.4 Å². The van der Waals surface area contributed by atoms with E-state index >= 15 is 0 Å². The molecule has 2 aromatic carbocycles. The van der Waals surface area contributed by atoms with E-state index in [0.717, 1.165) is 10.6 Å². The number of primary amides is 1. The molecule has 6 nitrogen and oxygen atoms in total. The van der Waals surface area contributed by atoms with Crippen LogP contribution in [0.3, 0.4) is 0 Å². The van der Waals surface area contributed by atoms with E-state index in [4.69, 9.17) is 17.3 Å². The summed E-state index contributed by atoms with van der Waals surface area (Å²) in [6, 6.07) is 16.1. The third-order valence-electron chi connectivity index (χ3n) is 3.99. The number of thioether (sulfide) groups is 1. The molecule has 3 rings (SSSR count). The van der Waals surface area contributed by atoms with Crippen LogP contribution in [0, 0.1) is 0 Å². The molecule has 0 saturated heterocycles. The number of carbonyl (C=O) groups excluding carboxylic acids is 2. The normalized spacial score (nSPS) is 16.1. The molecule has 0 fully saturated rings. The number of hydrogen-bond acceptors (Lipinski definition) is 5. The Morgan fingerprint density at radius 1 is 1.19 bits per heavy atom. The minimum Gasteiger partial charge on any atom is -0.368 e. The minimum absolute atomic E-state index is 0.195. The highest BCUT2D eigenvalue weighted by Gasteiger charge is 2.34. The van der Waals surface area contributed by atoms with Gasteiger partial charge in [0.05, 0.1) is 5.69 Å². The molecule has 0 unspecified atom stereocenters. The van der Waals surface area contributed by atoms with Crippen LogP contribution in [-0.4, -0.2) is 35.9 Å². The maximum atomic E-state index is 12.4. The molecule has 0 spiro atoms. The number of benzene rings is 2. The Bertz CT molecular complexity index is 843. The Kier molecular flexibility index (Phi) is 6.36. The Hall–Kier alpha value is -2.51. The van der Waals surface area contributed by atoms with Gasteiger partial charge < -0.3 is 11.1 Å². The van der Waals surface area contributed by atoms with Gasteiger partial charge in [-0.25, -0.2) is 0 Å². The van der Waals surface area contributed by atoms with Gasteiger partial charge >= 0.3 is 0 Å². The summed E-state index contributed by atoms with van der Waals surface area (Å²) >= 11 is 7.48. The van der Waals surface area contributed by atoms with E-state index < -0.39 is 11.9 Å². The van der Waals surface area contributed by atoms with Crippen molar-refractivity contribution in [3.63, 3.8) is 0 Å². The molecule has 1 atom stereocenters. The Labute approximate surface area is 166 Å². The lowest BCUT2D eigenvalue weighted by atomic mass is 10.1. The molecule has 2 amide bonds. The van der Waals surface area contributed by atoms with Crippen molar-refractivity contribution in [2.45, 2.75) is 17.4 Å². The number of nitrogens with zero attached hydrogens (tertiary/aromatic N) is 2. The molecule has 140 valence electrons. The largest absolute Gasteiger partial charge is 0.368 e. The molecule has 0 saturated carbocycles. The molecule has 0 bridgehead atoms. The van der Waals surface area contributed by atoms with Crippen molar-refractivity contribution in [2.75, 3.05) is 17.3 Å². The average molecular weight is 403 g/mol. The summed E-state index contributed by atoms with van der Waals surface area (Å²) in [4.78, 5) is 25.2. The van der Waals surface area contributed by atoms with E-state index in [1.807, 2.05) is 54.6 Å². The predicted octanol–water partition coefficient (Wildman–Crippen LogP) is 2.67. The first-order valence-electron chi connectivity index (χ1n) is 8.42. The van der Waals surface area contributed by atoms with Gasteiger partial charge in [-0.15, -0.1) is 11.8 Å². The monoisotopic (exact) mass is 402 g/mol. The quantitative estimate of drug-likeness (QED) is 0.550. The summed E-state index contributed by atoms with van der Waals surface area (Å²) in [5, 5.41) is 9.37. The van der Waals surface area contributed by atoms with Crippen molar-refractivity contribution in [1.82, 2.24) is 5.32 Å². The molecular weight excluding hydrogens is 384 g/mol. The first-order valence-corrected chi connectivity index (χ1v) is 9.78. The summed E-state index contributed by atoms with van der Waals surface area (Å²) in [6.45, 7) is 0.484. The van der Waals surface area contributed by atoms with Crippen LogP contribution in [0.2, 0.25) is 5.02 Å². The summed E-state index contributed by atoms with van der Waals surface area (Å²) in [6.07, 6.45) is 0.195. The van der Waals surface area contributed by atoms with E-state index in [1.165, 1.54) is 5.01 Å². The van der Waals surface area contributed by atoms with Crippen molar-refractivity contribution in [2.24, 2.45) is 10.8 Å². The van der Waals surface area contributed by atoms with Gasteiger partial charge in [-0.1, -0.05) is 29.8 Å². The van der Waals surface area contributed by atoms with Crippen LogP contribution in [0.4, 0.5) is 5.69 Å². The maximum absolute atomic E-state index is 12.4. The molecule has 0 radical (unpaired) electrons. The van der Waals surface area contributed by atoms with Gasteiger partial charge in [0.1, 0.15) is 11.8 Å². The van der Waals surface area contributed by atoms with Crippen molar-refractivity contribution in [3.05, 3.63) is 59.6 Å². The molecule has 1 aliphatic rings. The molecule has 3 N–H and O–H groups in total. The van der Waals surface area contributed by atoms with Crippen molar-refractivity contribution in [3.8, 4) is 0 Å². The van der Waals surface area contributed by atoms with E-state index in [0.29, 0.717) is 23.0 Å². The lowest BCUT2D eigenvalue weighted by Crippen LogP contribution is -2.40. The molecule has 1 heterocycles. The fraction of sp³-hybridized carbons (Fsp3) is 0.211. The van der Waals surface area contributed by atoms with Gasteiger partial charge in [0, 0.05) is 28.6 Å². The van der Waals surface area contributed by atoms with Crippen molar-refractivity contribution < 1.29 is 9.59 Å². The van der Waals surface area contributed by atoms with Gasteiger partial charge in [0.25, 0.3) is 5.91 Å². The number of rotatable bonds is 7. The molecule has 1 aliphatic heterocycles. The Morgan fingerprint density at radius 2 is 1.89 bits per heavy atom. The zero-order chi connectivity index (χ0) is 19.2. The number of halogens is 1. The Morgan fingerprint density at radius 3 is 2.56 bits per heavy atom. The number of amides is 2. The summed E-state index contributed by atoms with van der Waals surface area (Å²) in [5.74, 6) is -0.0810. The molecule has 0 aliphatic carbocycles. The van der Waals surface area contributed by atoms with Crippen LogP contribution in [0.15, 0.2) is 64.6 Å². The number of anilines is 1. The standard InChI is InChI=1S/C19H19ClN4O2S/c20-13-6-8-15(9-7-13)27-11-10-22-19(26)16-12-17(18(21)25)24(23-16)14-4-2-1-3-5-14/h1-9,17H,10-12H2,(H2,21,25)(H,22,26)/t17-/m0/s1. The number of hydrazone groups is 1. The van der Waals surface area contributed by atoms with Crippen LogP contribution in [-0.2, 0) is 9.59 Å². The number of nitrogens with two attached hydrogens (primary N) is 1. The number of hydrogen-bond donors (Lipinski definition) is 2. The minimum atomic E-state index is -0.656. The molecule has 0 aromatic heterocycles. The highest BCUT2D eigenvalue weighted by molar-refractivity contribution is 7.99. The van der Waals surface area contributed by atoms with E-state index in [1.54, 1.807) is 11.8 Å². The predicted molar refractivity (Wildman–Crippen MR) is 109 cm³/mol. The smallest absolute Gasteiger partial charge is 0.267 e. The van der Waals surface area contributed by atoms with Crippen LogP contribution < -0.4 is 16.1 Å². The highest BCUT2D eigenvalue weighted by atomic mass is 35.5. The second-order valence-electron chi connectivity index (χ2n) is 5.91. The first-order chi connectivity index (χ1) is 13.0. The van der Waals surface area contributed by atoms with E-state index in [9.17, 15) is 9.59 Å². The van der Waals surface area contributed by atoms with Gasteiger partial charge in [-0.2, -0.15) is 5.10 Å². The summed E-state index contributed by atoms with van der Waals surface area (Å²) in [7, 11) is 0. The fourth-order valence-electron chi connectivity index (χ4n) is 2.65. The van der Waals surface area contributed by atoms with Crippen LogP contribution in [0.25, 0.3) is 0 Å². The van der Waals surface area contributed by atoms with Crippen LogP contribution in [0.1, 0.15) is 6.42 Å². The number of carbonyl (C=O) groups is 2. The SMILES string of the molecule is NC(=O)[C@@H]1CC(C(=O)NCCSc2ccc(Cl)cc2)=NN1c1ccccc1. The molecule has 2 aromatic rings. The topological polar surface area (TPSA) is 87.8 Å². The zero-order valence-electron chi connectivity index (χ0n) is 14.5. The van der Waals surface area contributed by atoms with E-state index in [-0.39, 0.29) is 12.3 Å². The zero-order valence-corrected chi connectivity index (χ0v) is 16.0. The molecule has 8 heteroatoms. The second-order valence-corrected chi connectivity index (χ2v) is 7.51. The van der Waals surface area contributed by atoms with Crippen LogP contribution in [0.5, 0.6) is 0 Å². The third-order valence-corrected chi connectivity index (χ3v) is 5.26. The van der Waals surface area contributed by atoms with Crippen molar-refractivity contribution >= 4 is 46.6 Å². The molecular formula is C19H19ClN4O2S. The highest BCUT2D eigenvalue weighted by Crippen LogP contribution is 2.24. The van der Waals surface area contributed by atoms with Crippen LogP contribution >= 0.6 is 23.4 Å². The van der Waals surface area contributed by atoms with Gasteiger partial charge in [-0.05, 0) is 36.4 Å². The lowest BCUT2D eigenvalue weighted by molar-refractivity contribution is -0.119. The van der Waals surface area contributed by atoms with Gasteiger partial charge in [0.15, 0.2) is 0 Å². The lowest BCUT2D eigenvalue weighted by Gasteiger charge is -2.20. The number of para-hydroxylation sites is 1. The summed E-state index contributed by atoms with van der Waals surface area (Å²) < 4.78 is 0. The summed E-state index contributed by atoms with van der Waals surface area (Å²) in [5.41, 5.74) is 6.52. The van der Waals surface area contributed by atoms with Crippen molar-refractivity contribution in [1.29, 1.82) is 0 Å². The average Bonchev–Trinajstić information content (AvgIpc) is 3.13. The third kappa shape index (κ3) is 5.02. The first kappa shape index (κ1) is 19.3. The van der Waals surface area contributed by atoms with Gasteiger partial charge in [0.2, 0.25) is 5.91 Å². The molecule has 27 heavy (non-hydrogen) atoms.